The highest BCUT2D eigenvalue weighted by molar-refractivity contribution is 6.77. The van der Waals surface area contributed by atoms with Gasteiger partial charge in [0.05, 0.1) is 12.1 Å². The van der Waals surface area contributed by atoms with Crippen LogP contribution in [0.1, 0.15) is 16.9 Å². The van der Waals surface area contributed by atoms with E-state index in [2.05, 4.69) is 0 Å². The van der Waals surface area contributed by atoms with Gasteiger partial charge in [0.2, 0.25) is 17.2 Å². The summed E-state index contributed by atoms with van der Waals surface area (Å²) in [5.74, 6) is -4.44. The van der Waals surface area contributed by atoms with Crippen LogP contribution in [0.5, 0.6) is 0 Å². The van der Waals surface area contributed by atoms with Gasteiger partial charge in [0.25, 0.3) is 9.70 Å². The van der Waals surface area contributed by atoms with E-state index >= 15 is 0 Å². The number of carboxylic acids is 1. The lowest BCUT2D eigenvalue weighted by atomic mass is 9.96. The molecule has 2 rings (SSSR count). The van der Waals surface area contributed by atoms with Crippen LogP contribution in [0.25, 0.3) is 0 Å². The molecule has 1 aliphatic rings. The van der Waals surface area contributed by atoms with E-state index in [1.165, 1.54) is 12.1 Å². The molecule has 1 aromatic heterocycles. The minimum atomic E-state index is -2.32. The van der Waals surface area contributed by atoms with Gasteiger partial charge in [0.15, 0.2) is 0 Å². The molecule has 7 nitrogen and oxygen atoms in total. The van der Waals surface area contributed by atoms with Crippen LogP contribution < -0.4 is 5.32 Å². The first kappa shape index (κ1) is 15.8. The Balaban J connectivity index is 2.63. The molecule has 0 saturated carbocycles. The number of rotatable bonds is 3. The fourth-order valence-corrected chi connectivity index (χ4v) is 2.39. The SMILES string of the molecule is O=C1CC(C(=O)O)(n2cccc2C(=O)C(Cl)(Cl)Cl)C(=O)N1. The molecule has 1 fully saturated rings. The number of alkyl halides is 3. The van der Waals surface area contributed by atoms with E-state index in [4.69, 9.17) is 34.8 Å². The minimum Gasteiger partial charge on any atom is -0.479 e. The second kappa shape index (κ2) is 5.01. The normalized spacial score (nSPS) is 22.2. The largest absolute Gasteiger partial charge is 0.479 e. The van der Waals surface area contributed by atoms with Gasteiger partial charge in [-0.15, -0.1) is 0 Å². The zero-order chi connectivity index (χ0) is 16.0. The number of hydrogen-bond acceptors (Lipinski definition) is 4. The Kier molecular flexibility index (Phi) is 3.77. The van der Waals surface area contributed by atoms with Crippen LogP contribution in [0.3, 0.4) is 0 Å². The first-order valence-electron chi connectivity index (χ1n) is 5.47. The van der Waals surface area contributed by atoms with E-state index in [0.29, 0.717) is 0 Å². The highest BCUT2D eigenvalue weighted by atomic mass is 35.6. The van der Waals surface area contributed by atoms with E-state index in [1.54, 1.807) is 0 Å². The standard InChI is InChI=1S/C11H7Cl3N2O5/c12-11(13,14)7(18)5-2-1-3-16(5)10(9(20)21)4-6(17)15-8(10)19/h1-3H,4H2,(H,20,21)(H,15,17,19). The molecule has 0 aliphatic carbocycles. The van der Waals surface area contributed by atoms with Crippen molar-refractivity contribution in [1.29, 1.82) is 0 Å². The molecule has 21 heavy (non-hydrogen) atoms. The summed E-state index contributed by atoms with van der Waals surface area (Å²) in [7, 11) is 0. The molecule has 1 unspecified atom stereocenters. The Morgan fingerprint density at radius 2 is 1.95 bits per heavy atom. The van der Waals surface area contributed by atoms with Crippen LogP contribution in [-0.2, 0) is 19.9 Å². The summed E-state index contributed by atoms with van der Waals surface area (Å²) in [6, 6.07) is 2.51. The molecule has 0 aromatic carbocycles. The number of nitrogens with one attached hydrogen (secondary N) is 1. The van der Waals surface area contributed by atoms with Gasteiger partial charge in [0.1, 0.15) is 0 Å². The van der Waals surface area contributed by atoms with Crippen LogP contribution in [-0.4, -0.2) is 37.0 Å². The highest BCUT2D eigenvalue weighted by Gasteiger charge is 2.56. The number of aromatic nitrogens is 1. The third-order valence-electron chi connectivity index (χ3n) is 3.05. The Hall–Kier alpha value is -1.57. The van der Waals surface area contributed by atoms with Gasteiger partial charge in [-0.3, -0.25) is 19.7 Å². The van der Waals surface area contributed by atoms with Gasteiger partial charge in [-0.25, -0.2) is 4.79 Å². The van der Waals surface area contributed by atoms with Crippen molar-refractivity contribution >= 4 is 58.4 Å². The van der Waals surface area contributed by atoms with Gasteiger partial charge in [0, 0.05) is 6.20 Å². The fraction of sp³-hybridized carbons (Fsp3) is 0.273. The predicted molar refractivity (Wildman–Crippen MR) is 72.4 cm³/mol. The van der Waals surface area contributed by atoms with Gasteiger partial charge < -0.3 is 9.67 Å². The maximum atomic E-state index is 12.0. The van der Waals surface area contributed by atoms with Crippen molar-refractivity contribution in [2.45, 2.75) is 15.8 Å². The molecule has 1 aromatic rings. The molecule has 1 saturated heterocycles. The van der Waals surface area contributed by atoms with Gasteiger partial charge in [-0.1, -0.05) is 34.8 Å². The van der Waals surface area contributed by atoms with Crippen molar-refractivity contribution < 1.29 is 24.3 Å². The smallest absolute Gasteiger partial charge is 0.340 e. The van der Waals surface area contributed by atoms with E-state index in [1.807, 2.05) is 5.32 Å². The van der Waals surface area contributed by atoms with E-state index in [0.717, 1.165) is 10.8 Å². The summed E-state index contributed by atoms with van der Waals surface area (Å²) in [5.41, 5.74) is -2.58. The van der Waals surface area contributed by atoms with Crippen molar-refractivity contribution in [3.63, 3.8) is 0 Å². The fourth-order valence-electron chi connectivity index (χ4n) is 2.10. The zero-order valence-electron chi connectivity index (χ0n) is 10.1. The highest BCUT2D eigenvalue weighted by Crippen LogP contribution is 2.34. The van der Waals surface area contributed by atoms with Crippen molar-refractivity contribution in [3.05, 3.63) is 24.0 Å². The van der Waals surface area contributed by atoms with Gasteiger partial charge in [-0.2, -0.15) is 0 Å². The molecule has 0 spiro atoms. The van der Waals surface area contributed by atoms with E-state index in [-0.39, 0.29) is 5.69 Å². The molecule has 1 atom stereocenters. The Labute approximate surface area is 132 Å². The maximum absolute atomic E-state index is 12.0. The molecule has 2 amide bonds. The maximum Gasteiger partial charge on any atom is 0.340 e. The van der Waals surface area contributed by atoms with Crippen LogP contribution >= 0.6 is 34.8 Å². The molecule has 2 heterocycles. The van der Waals surface area contributed by atoms with Crippen LogP contribution in [0, 0.1) is 0 Å². The number of carbonyl (C=O) groups excluding carboxylic acids is 3. The van der Waals surface area contributed by atoms with Crippen molar-refractivity contribution in [2.75, 3.05) is 0 Å². The van der Waals surface area contributed by atoms with E-state index in [9.17, 15) is 24.3 Å². The lowest BCUT2D eigenvalue weighted by Gasteiger charge is -2.25. The first-order valence-corrected chi connectivity index (χ1v) is 6.61. The summed E-state index contributed by atoms with van der Waals surface area (Å²) in [4.78, 5) is 46.9. The number of carboxylic acid groups (broad SMARTS) is 1. The molecule has 2 N–H and O–H groups in total. The predicted octanol–water partition coefficient (Wildman–Crippen LogP) is 0.867. The molecule has 112 valence electrons. The van der Waals surface area contributed by atoms with Crippen LogP contribution in [0.2, 0.25) is 0 Å². The average molecular weight is 354 g/mol. The van der Waals surface area contributed by atoms with Gasteiger partial charge >= 0.3 is 5.97 Å². The summed E-state index contributed by atoms with van der Waals surface area (Å²) < 4.78 is -1.49. The summed E-state index contributed by atoms with van der Waals surface area (Å²) in [6.45, 7) is 0. The first-order chi connectivity index (χ1) is 9.60. The number of imide groups is 1. The topological polar surface area (TPSA) is 105 Å². The molecule has 10 heteroatoms. The zero-order valence-corrected chi connectivity index (χ0v) is 12.4. The summed E-state index contributed by atoms with van der Waals surface area (Å²) in [5, 5.41) is 11.3. The number of nitrogens with zero attached hydrogens (tertiary/aromatic N) is 1. The number of aliphatic carboxylic acids is 1. The molecule has 0 bridgehead atoms. The third-order valence-corrected chi connectivity index (χ3v) is 3.56. The number of amides is 2. The van der Waals surface area contributed by atoms with Crippen molar-refractivity contribution in [3.8, 4) is 0 Å². The average Bonchev–Trinajstić information content (AvgIpc) is 2.91. The number of halogens is 3. The number of ketones is 1. The minimum absolute atomic E-state index is 0.303. The van der Waals surface area contributed by atoms with Crippen molar-refractivity contribution in [2.24, 2.45) is 0 Å². The Morgan fingerprint density at radius 3 is 2.38 bits per heavy atom. The lowest BCUT2D eigenvalue weighted by Crippen LogP contribution is -2.49. The molecular formula is C11H7Cl3N2O5. The van der Waals surface area contributed by atoms with E-state index < -0.39 is 39.3 Å². The molecule has 1 aliphatic heterocycles. The third kappa shape index (κ3) is 2.41. The number of hydrogen-bond donors (Lipinski definition) is 2. The molecule has 0 radical (unpaired) electrons. The Bertz CT molecular complexity index is 663. The van der Waals surface area contributed by atoms with Crippen LogP contribution in [0.4, 0.5) is 0 Å². The van der Waals surface area contributed by atoms with Crippen molar-refractivity contribution in [1.82, 2.24) is 9.88 Å². The number of Topliss-reactive ketones (excluding diaryl/α,β-unsaturated/α-hetero) is 1. The second-order valence-corrected chi connectivity index (χ2v) is 6.59. The second-order valence-electron chi connectivity index (χ2n) is 4.31. The summed E-state index contributed by atoms with van der Waals surface area (Å²) >= 11 is 16.5. The number of carbonyl (C=O) groups is 4. The van der Waals surface area contributed by atoms with Crippen LogP contribution in [0.15, 0.2) is 18.3 Å². The Morgan fingerprint density at radius 1 is 1.33 bits per heavy atom. The summed E-state index contributed by atoms with van der Waals surface area (Å²) in [6.07, 6.45) is 0.506. The lowest BCUT2D eigenvalue weighted by molar-refractivity contribution is -0.152. The van der Waals surface area contributed by atoms with Gasteiger partial charge in [-0.05, 0) is 12.1 Å². The quantitative estimate of drug-likeness (QED) is 0.363. The molecular weight excluding hydrogens is 346 g/mol. The monoisotopic (exact) mass is 352 g/mol.